The SMILES string of the molecule is CN(C)c1ccc(C=Cc2cc(N3CCOCC3)c3ccccc3[n+]2C)cc1. The summed E-state index contributed by atoms with van der Waals surface area (Å²) in [6.45, 7) is 3.46. The van der Waals surface area contributed by atoms with E-state index in [9.17, 15) is 0 Å². The van der Waals surface area contributed by atoms with Crippen LogP contribution in [0.15, 0.2) is 54.6 Å². The number of nitrogens with zero attached hydrogens (tertiary/aromatic N) is 3. The van der Waals surface area contributed by atoms with Gasteiger partial charge in [-0.15, -0.1) is 0 Å². The van der Waals surface area contributed by atoms with Crippen LogP contribution in [0.3, 0.4) is 0 Å². The third-order valence-corrected chi connectivity index (χ3v) is 5.42. The fraction of sp³-hybridized carbons (Fsp3) is 0.292. The van der Waals surface area contributed by atoms with Gasteiger partial charge in [-0.3, -0.25) is 0 Å². The average molecular weight is 375 g/mol. The highest BCUT2D eigenvalue weighted by molar-refractivity contribution is 5.91. The first-order valence-electron chi connectivity index (χ1n) is 9.83. The molecular formula is C24H28N3O+. The summed E-state index contributed by atoms with van der Waals surface area (Å²) < 4.78 is 7.82. The van der Waals surface area contributed by atoms with Gasteiger partial charge in [0.25, 0.3) is 0 Å². The van der Waals surface area contributed by atoms with Crippen LogP contribution in [-0.2, 0) is 11.8 Å². The fourth-order valence-electron chi connectivity index (χ4n) is 3.73. The second-order valence-electron chi connectivity index (χ2n) is 7.45. The molecule has 0 saturated carbocycles. The van der Waals surface area contributed by atoms with Crippen molar-refractivity contribution in [3.63, 3.8) is 0 Å². The molecule has 0 N–H and O–H groups in total. The second kappa shape index (κ2) is 8.03. The van der Waals surface area contributed by atoms with Gasteiger partial charge in [0.1, 0.15) is 7.05 Å². The van der Waals surface area contributed by atoms with Gasteiger partial charge in [-0.25, -0.2) is 0 Å². The van der Waals surface area contributed by atoms with E-state index in [4.69, 9.17) is 4.74 Å². The highest BCUT2D eigenvalue weighted by Crippen LogP contribution is 2.27. The van der Waals surface area contributed by atoms with E-state index >= 15 is 0 Å². The van der Waals surface area contributed by atoms with Crippen molar-refractivity contribution < 1.29 is 9.30 Å². The van der Waals surface area contributed by atoms with E-state index in [1.807, 2.05) is 0 Å². The molecule has 2 aromatic carbocycles. The lowest BCUT2D eigenvalue weighted by Gasteiger charge is -2.29. The van der Waals surface area contributed by atoms with Crippen LogP contribution in [0, 0.1) is 0 Å². The maximum Gasteiger partial charge on any atom is 0.214 e. The number of aryl methyl sites for hydroxylation is 1. The van der Waals surface area contributed by atoms with Crippen molar-refractivity contribution in [1.82, 2.24) is 0 Å². The molecule has 1 aliphatic rings. The number of hydrogen-bond acceptors (Lipinski definition) is 3. The number of benzene rings is 2. The number of fused-ring (bicyclic) bond motifs is 1. The van der Waals surface area contributed by atoms with Gasteiger partial charge in [0.15, 0.2) is 0 Å². The molecule has 1 fully saturated rings. The topological polar surface area (TPSA) is 19.6 Å². The standard InChI is InChI=1S/C24H28N3O/c1-25(2)20-11-8-19(9-12-20)10-13-21-18-24(27-14-16-28-17-15-27)22-6-4-5-7-23(22)26(21)3/h4-13,18H,14-17H2,1-3H3/q+1. The molecule has 144 valence electrons. The highest BCUT2D eigenvalue weighted by Gasteiger charge is 2.20. The number of morpholine rings is 1. The molecule has 4 heteroatoms. The number of anilines is 2. The first-order chi connectivity index (χ1) is 13.6. The van der Waals surface area contributed by atoms with Gasteiger partial charge >= 0.3 is 0 Å². The van der Waals surface area contributed by atoms with Crippen LogP contribution in [0.5, 0.6) is 0 Å². The zero-order valence-corrected chi connectivity index (χ0v) is 16.9. The van der Waals surface area contributed by atoms with E-state index in [1.54, 1.807) is 0 Å². The van der Waals surface area contributed by atoms with Crippen LogP contribution in [0.1, 0.15) is 11.3 Å². The number of ether oxygens (including phenoxy) is 1. The number of para-hydroxylation sites is 1. The van der Waals surface area contributed by atoms with Crippen LogP contribution >= 0.6 is 0 Å². The van der Waals surface area contributed by atoms with Gasteiger partial charge in [-0.1, -0.05) is 24.3 Å². The van der Waals surface area contributed by atoms with Crippen molar-refractivity contribution >= 4 is 34.4 Å². The third-order valence-electron chi connectivity index (χ3n) is 5.42. The Morgan fingerprint density at radius 3 is 2.39 bits per heavy atom. The minimum Gasteiger partial charge on any atom is -0.378 e. The third kappa shape index (κ3) is 3.73. The van der Waals surface area contributed by atoms with E-state index in [2.05, 4.69) is 102 Å². The first-order valence-corrected chi connectivity index (χ1v) is 9.83. The van der Waals surface area contributed by atoms with Crippen molar-refractivity contribution in [1.29, 1.82) is 0 Å². The zero-order valence-electron chi connectivity index (χ0n) is 16.9. The molecule has 28 heavy (non-hydrogen) atoms. The van der Waals surface area contributed by atoms with Crippen molar-refractivity contribution in [2.24, 2.45) is 7.05 Å². The summed E-state index contributed by atoms with van der Waals surface area (Å²) in [7, 11) is 6.26. The first kappa shape index (κ1) is 18.5. The van der Waals surface area contributed by atoms with Gasteiger partial charge in [-0.05, 0) is 29.8 Å². The van der Waals surface area contributed by atoms with Gasteiger partial charge < -0.3 is 14.5 Å². The number of aromatic nitrogens is 1. The summed E-state index contributed by atoms with van der Waals surface area (Å²) in [6.07, 6.45) is 4.40. The van der Waals surface area contributed by atoms with Crippen LogP contribution in [0.2, 0.25) is 0 Å². The van der Waals surface area contributed by atoms with E-state index < -0.39 is 0 Å². The van der Waals surface area contributed by atoms with Gasteiger partial charge in [0, 0.05) is 51.1 Å². The highest BCUT2D eigenvalue weighted by atomic mass is 16.5. The lowest BCUT2D eigenvalue weighted by Crippen LogP contribution is -2.38. The van der Waals surface area contributed by atoms with Crippen molar-refractivity contribution in [3.8, 4) is 0 Å². The van der Waals surface area contributed by atoms with E-state index in [0.29, 0.717) is 0 Å². The lowest BCUT2D eigenvalue weighted by molar-refractivity contribution is -0.646. The molecule has 4 rings (SSSR count). The van der Waals surface area contributed by atoms with E-state index in [-0.39, 0.29) is 0 Å². The normalized spacial score (nSPS) is 14.8. The van der Waals surface area contributed by atoms with Crippen molar-refractivity contribution in [3.05, 3.63) is 65.9 Å². The van der Waals surface area contributed by atoms with Crippen molar-refractivity contribution in [2.45, 2.75) is 0 Å². The summed E-state index contributed by atoms with van der Waals surface area (Å²) >= 11 is 0. The van der Waals surface area contributed by atoms with Gasteiger partial charge in [0.05, 0.1) is 24.3 Å². The zero-order chi connectivity index (χ0) is 19.5. The molecule has 4 nitrogen and oxygen atoms in total. The summed E-state index contributed by atoms with van der Waals surface area (Å²) in [5.74, 6) is 0. The van der Waals surface area contributed by atoms with E-state index in [0.717, 1.165) is 26.3 Å². The van der Waals surface area contributed by atoms with Crippen molar-refractivity contribution in [2.75, 3.05) is 50.2 Å². The Hall–Kier alpha value is -2.85. The molecule has 1 aliphatic heterocycles. The molecule has 2 heterocycles. The number of pyridine rings is 1. The maximum atomic E-state index is 5.55. The van der Waals surface area contributed by atoms with Crippen LogP contribution in [0.25, 0.3) is 23.1 Å². The predicted molar refractivity (Wildman–Crippen MR) is 118 cm³/mol. The molecule has 1 saturated heterocycles. The Kier molecular flexibility index (Phi) is 5.31. The molecule has 0 atom stereocenters. The minimum atomic E-state index is 0.790. The summed E-state index contributed by atoms with van der Waals surface area (Å²) in [4.78, 5) is 4.56. The maximum absolute atomic E-state index is 5.55. The van der Waals surface area contributed by atoms with Gasteiger partial charge in [0.2, 0.25) is 11.2 Å². The lowest BCUT2D eigenvalue weighted by atomic mass is 10.1. The molecule has 0 aliphatic carbocycles. The Morgan fingerprint density at radius 2 is 1.68 bits per heavy atom. The van der Waals surface area contributed by atoms with Crippen LogP contribution in [0.4, 0.5) is 11.4 Å². The summed E-state index contributed by atoms with van der Waals surface area (Å²) in [5.41, 5.74) is 6.14. The average Bonchev–Trinajstić information content (AvgIpc) is 2.74. The summed E-state index contributed by atoms with van der Waals surface area (Å²) in [6, 6.07) is 19.6. The molecule has 0 amide bonds. The minimum absolute atomic E-state index is 0.790. The quantitative estimate of drug-likeness (QED) is 0.649. The smallest absolute Gasteiger partial charge is 0.214 e. The Labute approximate surface area is 167 Å². The molecular weight excluding hydrogens is 346 g/mol. The molecule has 1 aromatic heterocycles. The predicted octanol–water partition coefficient (Wildman–Crippen LogP) is 3.74. The molecule has 0 unspecified atom stereocenters. The second-order valence-corrected chi connectivity index (χ2v) is 7.45. The summed E-state index contributed by atoms with van der Waals surface area (Å²) in [5, 5.41) is 1.29. The van der Waals surface area contributed by atoms with E-state index in [1.165, 1.54) is 33.5 Å². The van der Waals surface area contributed by atoms with Crippen LogP contribution < -0.4 is 14.4 Å². The Morgan fingerprint density at radius 1 is 0.964 bits per heavy atom. The van der Waals surface area contributed by atoms with Gasteiger partial charge in [-0.2, -0.15) is 4.57 Å². The monoisotopic (exact) mass is 374 g/mol. The Bertz CT molecular complexity index is 987. The molecule has 0 bridgehead atoms. The number of rotatable bonds is 4. The fourth-order valence-corrected chi connectivity index (χ4v) is 3.73. The van der Waals surface area contributed by atoms with Crippen LogP contribution in [-0.4, -0.2) is 40.4 Å². The number of hydrogen-bond donors (Lipinski definition) is 0. The molecule has 0 spiro atoms. The largest absolute Gasteiger partial charge is 0.378 e. The molecule has 0 radical (unpaired) electrons. The molecule has 3 aromatic rings. The Balaban J connectivity index is 1.72.